The highest BCUT2D eigenvalue weighted by Gasteiger charge is 2.48. The molecule has 0 radical (unpaired) electrons. The minimum absolute atomic E-state index is 0.00219. The summed E-state index contributed by atoms with van der Waals surface area (Å²) in [6.45, 7) is 9.18. The lowest BCUT2D eigenvalue weighted by atomic mass is 9.91. The smallest absolute Gasteiger partial charge is 0.105 e. The Labute approximate surface area is 201 Å². The molecule has 7 heteroatoms. The molecule has 1 saturated heterocycles. The van der Waals surface area contributed by atoms with Gasteiger partial charge in [-0.3, -0.25) is 0 Å². The van der Waals surface area contributed by atoms with Crippen molar-refractivity contribution in [3.05, 3.63) is 23.8 Å². The fourth-order valence-electron chi connectivity index (χ4n) is 4.82. The molecule has 3 N–H and O–H groups in total. The lowest BCUT2D eigenvalue weighted by molar-refractivity contribution is -0.129. The van der Waals surface area contributed by atoms with Crippen molar-refractivity contribution in [2.45, 2.75) is 77.5 Å². The van der Waals surface area contributed by atoms with Crippen LogP contribution in [0.15, 0.2) is 23.8 Å². The Morgan fingerprint density at radius 1 is 1.03 bits per heavy atom. The molecule has 2 aliphatic rings. The Hall–Kier alpha value is -0.800. The number of aliphatic hydroxyl groups excluding tert-OH is 3. The summed E-state index contributed by atoms with van der Waals surface area (Å²) < 4.78 is 22.6. The second-order valence-corrected chi connectivity index (χ2v) is 8.87. The van der Waals surface area contributed by atoms with E-state index in [1.165, 1.54) is 0 Å². The molecule has 1 saturated carbocycles. The van der Waals surface area contributed by atoms with E-state index >= 15 is 0 Å². The van der Waals surface area contributed by atoms with Gasteiger partial charge >= 0.3 is 0 Å². The molecule has 0 amide bonds. The Morgan fingerprint density at radius 3 is 2.18 bits per heavy atom. The highest BCUT2D eigenvalue weighted by atomic mass is 16.6. The van der Waals surface area contributed by atoms with Crippen LogP contribution < -0.4 is 0 Å². The van der Waals surface area contributed by atoms with Gasteiger partial charge in [0.2, 0.25) is 0 Å². The van der Waals surface area contributed by atoms with E-state index in [0.717, 1.165) is 39.1 Å². The molecule has 196 valence electrons. The normalized spacial score (nSPS) is 30.9. The van der Waals surface area contributed by atoms with Crippen LogP contribution in [0.1, 0.15) is 47.0 Å². The van der Waals surface area contributed by atoms with Gasteiger partial charge in [-0.25, -0.2) is 0 Å². The van der Waals surface area contributed by atoms with Gasteiger partial charge < -0.3 is 34.3 Å². The predicted octanol–water partition coefficient (Wildman–Crippen LogP) is 3.22. The van der Waals surface area contributed by atoms with E-state index < -0.39 is 0 Å². The fraction of sp³-hybridized carbons (Fsp3) is 0.846. The molecule has 1 aliphatic carbocycles. The van der Waals surface area contributed by atoms with Crippen LogP contribution >= 0.6 is 0 Å². The van der Waals surface area contributed by atoms with E-state index in [-0.39, 0.29) is 36.4 Å². The second kappa shape index (κ2) is 17.6. The maximum absolute atomic E-state index is 10.8. The number of ether oxygens (including phenoxy) is 4. The van der Waals surface area contributed by atoms with Gasteiger partial charge in [-0.1, -0.05) is 39.0 Å². The van der Waals surface area contributed by atoms with Crippen LogP contribution in [0.3, 0.4) is 0 Å². The number of hydrogen-bond acceptors (Lipinski definition) is 7. The number of aliphatic hydroxyl groups is 3. The number of rotatable bonds is 11. The van der Waals surface area contributed by atoms with Crippen LogP contribution in [-0.4, -0.2) is 88.0 Å². The van der Waals surface area contributed by atoms with Crippen molar-refractivity contribution in [2.24, 2.45) is 23.7 Å². The third-order valence-electron chi connectivity index (χ3n) is 6.99. The molecule has 0 bridgehead atoms. The second-order valence-electron chi connectivity index (χ2n) is 8.87. The third-order valence-corrected chi connectivity index (χ3v) is 6.99. The van der Waals surface area contributed by atoms with Gasteiger partial charge in [-0.05, 0) is 43.1 Å². The standard InChI is InChI=1S/C24H42O5.2CH4O/c1-8-21(27-6)17(4)19-13-20(19)23(25)15(2)10-9-11-16(3)24-22(28-7)12-18(26-5)14-29-24;2*1-2/h9-11,15,17-25H,8,12-14H2,1-7H3;2*2H,1H3/b10-9+,16-11+;;. The molecule has 9 unspecified atom stereocenters. The molecule has 9 atom stereocenters. The summed E-state index contributed by atoms with van der Waals surface area (Å²) in [4.78, 5) is 0. The number of methoxy groups -OCH3 is 3. The summed E-state index contributed by atoms with van der Waals surface area (Å²) in [5.41, 5.74) is 1.13. The number of hydrogen-bond donors (Lipinski definition) is 3. The third kappa shape index (κ3) is 9.76. The quantitative estimate of drug-likeness (QED) is 0.396. The van der Waals surface area contributed by atoms with Crippen molar-refractivity contribution in [3.8, 4) is 0 Å². The molecule has 2 fully saturated rings. The minimum Gasteiger partial charge on any atom is -0.400 e. The molecule has 7 nitrogen and oxygen atoms in total. The van der Waals surface area contributed by atoms with Crippen molar-refractivity contribution < 1.29 is 34.3 Å². The first-order valence-corrected chi connectivity index (χ1v) is 12.0. The SMILES string of the molecule is CCC(OC)C(C)C1CC1C(O)C(C)/C=C/C=C(\C)C1OCC(OC)CC1OC.CO.CO. The van der Waals surface area contributed by atoms with Gasteiger partial charge in [0.1, 0.15) is 6.10 Å². The highest BCUT2D eigenvalue weighted by molar-refractivity contribution is 5.18. The molecule has 33 heavy (non-hydrogen) atoms. The van der Waals surface area contributed by atoms with E-state index in [1.54, 1.807) is 21.3 Å². The van der Waals surface area contributed by atoms with Crippen molar-refractivity contribution >= 4 is 0 Å². The molecule has 1 heterocycles. The summed E-state index contributed by atoms with van der Waals surface area (Å²) in [7, 11) is 7.22. The summed E-state index contributed by atoms with van der Waals surface area (Å²) in [5, 5.41) is 24.8. The van der Waals surface area contributed by atoms with Crippen LogP contribution in [0, 0.1) is 23.7 Å². The average molecular weight is 475 g/mol. The zero-order chi connectivity index (χ0) is 25.6. The number of allylic oxidation sites excluding steroid dienone is 2. The van der Waals surface area contributed by atoms with Crippen molar-refractivity contribution in [1.29, 1.82) is 0 Å². The van der Waals surface area contributed by atoms with Crippen LogP contribution in [-0.2, 0) is 18.9 Å². The topological polar surface area (TPSA) is 97.6 Å². The fourth-order valence-corrected chi connectivity index (χ4v) is 4.82. The maximum atomic E-state index is 10.8. The van der Waals surface area contributed by atoms with Gasteiger partial charge in [-0.15, -0.1) is 0 Å². The van der Waals surface area contributed by atoms with Crippen LogP contribution in [0.5, 0.6) is 0 Å². The van der Waals surface area contributed by atoms with Gasteiger partial charge in [0.05, 0.1) is 31.0 Å². The molecule has 1 aliphatic heterocycles. The summed E-state index contributed by atoms with van der Waals surface area (Å²) in [6, 6.07) is 0. The van der Waals surface area contributed by atoms with Gasteiger partial charge in [0.15, 0.2) is 0 Å². The van der Waals surface area contributed by atoms with Gasteiger partial charge in [0.25, 0.3) is 0 Å². The molecule has 0 spiro atoms. The first-order valence-electron chi connectivity index (χ1n) is 12.0. The lowest BCUT2D eigenvalue weighted by Crippen LogP contribution is -2.43. The van der Waals surface area contributed by atoms with E-state index in [2.05, 4.69) is 39.8 Å². The van der Waals surface area contributed by atoms with Gasteiger partial charge in [-0.2, -0.15) is 0 Å². The van der Waals surface area contributed by atoms with Crippen LogP contribution in [0.2, 0.25) is 0 Å². The molecule has 0 aromatic rings. The lowest BCUT2D eigenvalue weighted by Gasteiger charge is -2.35. The summed E-state index contributed by atoms with van der Waals surface area (Å²) >= 11 is 0. The monoisotopic (exact) mass is 474 g/mol. The van der Waals surface area contributed by atoms with E-state index in [9.17, 15) is 5.11 Å². The minimum atomic E-state index is -0.304. The zero-order valence-corrected chi connectivity index (χ0v) is 22.2. The Morgan fingerprint density at radius 2 is 1.67 bits per heavy atom. The van der Waals surface area contributed by atoms with Crippen molar-refractivity contribution in [3.63, 3.8) is 0 Å². The average Bonchev–Trinajstić information content (AvgIpc) is 3.67. The Bertz CT molecular complexity index is 547. The molecule has 2 rings (SSSR count). The van der Waals surface area contributed by atoms with Gasteiger partial charge in [0, 0.05) is 47.9 Å². The molecule has 0 aromatic heterocycles. The predicted molar refractivity (Wildman–Crippen MR) is 132 cm³/mol. The maximum Gasteiger partial charge on any atom is 0.105 e. The zero-order valence-electron chi connectivity index (χ0n) is 22.2. The van der Waals surface area contributed by atoms with Crippen LogP contribution in [0.25, 0.3) is 0 Å². The van der Waals surface area contributed by atoms with E-state index in [1.807, 2.05) is 6.08 Å². The Balaban J connectivity index is 0.00000242. The van der Waals surface area contributed by atoms with E-state index in [0.29, 0.717) is 24.4 Å². The summed E-state index contributed by atoms with van der Waals surface area (Å²) in [6.07, 6.45) is 9.21. The van der Waals surface area contributed by atoms with E-state index in [4.69, 9.17) is 29.2 Å². The largest absolute Gasteiger partial charge is 0.400 e. The van der Waals surface area contributed by atoms with Crippen molar-refractivity contribution in [2.75, 3.05) is 42.2 Å². The molecular weight excluding hydrogens is 424 g/mol. The molecule has 0 aromatic carbocycles. The highest BCUT2D eigenvalue weighted by Crippen LogP contribution is 2.49. The Kier molecular flexibility index (Phi) is 17.2. The molecular formula is C26H50O7. The van der Waals surface area contributed by atoms with Crippen LogP contribution in [0.4, 0.5) is 0 Å². The summed E-state index contributed by atoms with van der Waals surface area (Å²) in [5.74, 6) is 1.56. The first-order chi connectivity index (χ1) is 15.9. The van der Waals surface area contributed by atoms with Crippen molar-refractivity contribution in [1.82, 2.24) is 0 Å². The first kappa shape index (κ1) is 32.2.